The van der Waals surface area contributed by atoms with E-state index in [4.69, 9.17) is 4.42 Å². The first-order valence-corrected chi connectivity index (χ1v) is 5.71. The number of aliphatic hydroxyl groups is 1. The molecule has 0 atom stereocenters. The first kappa shape index (κ1) is 11.2. The van der Waals surface area contributed by atoms with Gasteiger partial charge in [0.2, 0.25) is 0 Å². The molecule has 2 rings (SSSR count). The second-order valence-electron chi connectivity index (χ2n) is 4.47. The standard InChI is InChI=1S/C12H17NO3/c14-9-12(5-2-1-3-6-12)13-11(15)10-4-7-16-8-10/h4,7-8,14H,1-3,5-6,9H2,(H,13,15). The van der Waals surface area contributed by atoms with Gasteiger partial charge in [-0.05, 0) is 18.9 Å². The van der Waals surface area contributed by atoms with Crippen molar-refractivity contribution in [3.05, 3.63) is 24.2 Å². The predicted octanol–water partition coefficient (Wildman–Crippen LogP) is 1.70. The van der Waals surface area contributed by atoms with Gasteiger partial charge in [0.05, 0.1) is 24.0 Å². The molecule has 1 aromatic heterocycles. The van der Waals surface area contributed by atoms with E-state index in [0.29, 0.717) is 5.56 Å². The van der Waals surface area contributed by atoms with Crippen LogP contribution in [0.1, 0.15) is 42.5 Å². The number of nitrogens with one attached hydrogen (secondary N) is 1. The van der Waals surface area contributed by atoms with Crippen molar-refractivity contribution in [1.29, 1.82) is 0 Å². The van der Waals surface area contributed by atoms with Crippen LogP contribution in [0.2, 0.25) is 0 Å². The lowest BCUT2D eigenvalue weighted by atomic mass is 9.82. The summed E-state index contributed by atoms with van der Waals surface area (Å²) in [6.45, 7) is 0.0105. The zero-order valence-electron chi connectivity index (χ0n) is 9.24. The lowest BCUT2D eigenvalue weighted by Crippen LogP contribution is -2.52. The van der Waals surface area contributed by atoms with Crippen LogP contribution in [0.5, 0.6) is 0 Å². The Bertz CT molecular complexity index is 339. The number of carbonyl (C=O) groups excluding carboxylic acids is 1. The van der Waals surface area contributed by atoms with Gasteiger partial charge >= 0.3 is 0 Å². The van der Waals surface area contributed by atoms with Crippen molar-refractivity contribution in [3.63, 3.8) is 0 Å². The van der Waals surface area contributed by atoms with E-state index in [9.17, 15) is 9.90 Å². The molecule has 1 aromatic rings. The molecule has 0 bridgehead atoms. The lowest BCUT2D eigenvalue weighted by molar-refractivity contribution is 0.0758. The second kappa shape index (κ2) is 4.70. The van der Waals surface area contributed by atoms with Crippen molar-refractivity contribution in [1.82, 2.24) is 5.32 Å². The summed E-state index contributed by atoms with van der Waals surface area (Å²) >= 11 is 0. The highest BCUT2D eigenvalue weighted by Gasteiger charge is 2.33. The highest BCUT2D eigenvalue weighted by Crippen LogP contribution is 2.28. The van der Waals surface area contributed by atoms with Crippen molar-refractivity contribution in [2.75, 3.05) is 6.61 Å². The van der Waals surface area contributed by atoms with Crippen molar-refractivity contribution in [2.24, 2.45) is 0 Å². The van der Waals surface area contributed by atoms with Crippen LogP contribution in [-0.2, 0) is 0 Å². The summed E-state index contributed by atoms with van der Waals surface area (Å²) < 4.78 is 4.87. The average molecular weight is 223 g/mol. The van der Waals surface area contributed by atoms with Crippen LogP contribution in [-0.4, -0.2) is 23.2 Å². The topological polar surface area (TPSA) is 62.5 Å². The molecule has 1 aliphatic carbocycles. The molecule has 1 aliphatic rings. The fourth-order valence-corrected chi connectivity index (χ4v) is 2.26. The number of aliphatic hydroxyl groups excluding tert-OH is 1. The summed E-state index contributed by atoms with van der Waals surface area (Å²) in [5.74, 6) is -0.162. The second-order valence-corrected chi connectivity index (χ2v) is 4.47. The zero-order valence-corrected chi connectivity index (χ0v) is 9.24. The first-order valence-electron chi connectivity index (χ1n) is 5.71. The molecule has 0 aliphatic heterocycles. The number of hydrogen-bond donors (Lipinski definition) is 2. The molecule has 0 unspecified atom stereocenters. The Morgan fingerprint density at radius 2 is 2.19 bits per heavy atom. The van der Waals surface area contributed by atoms with Gasteiger partial charge in [0.1, 0.15) is 6.26 Å². The largest absolute Gasteiger partial charge is 0.472 e. The SMILES string of the molecule is O=C(NC1(CO)CCCCC1)c1ccoc1. The molecule has 0 aromatic carbocycles. The minimum absolute atomic E-state index is 0.0105. The minimum atomic E-state index is -0.424. The Labute approximate surface area is 94.6 Å². The number of carbonyl (C=O) groups is 1. The fourth-order valence-electron chi connectivity index (χ4n) is 2.26. The molecular formula is C12H17NO3. The normalized spacial score (nSPS) is 19.3. The summed E-state index contributed by atoms with van der Waals surface area (Å²) in [7, 11) is 0. The molecular weight excluding hydrogens is 206 g/mol. The first-order chi connectivity index (χ1) is 7.76. The van der Waals surface area contributed by atoms with Crippen LogP contribution in [0.4, 0.5) is 0 Å². The fraction of sp³-hybridized carbons (Fsp3) is 0.583. The van der Waals surface area contributed by atoms with E-state index in [2.05, 4.69) is 5.32 Å². The third kappa shape index (κ3) is 2.27. The molecule has 1 saturated carbocycles. The number of amides is 1. The van der Waals surface area contributed by atoms with Gasteiger partial charge in [-0.1, -0.05) is 19.3 Å². The number of hydrogen-bond acceptors (Lipinski definition) is 3. The predicted molar refractivity (Wildman–Crippen MR) is 59.1 cm³/mol. The Balaban J connectivity index is 2.03. The third-order valence-corrected chi connectivity index (χ3v) is 3.28. The van der Waals surface area contributed by atoms with Gasteiger partial charge in [-0.2, -0.15) is 0 Å². The Morgan fingerprint density at radius 1 is 1.44 bits per heavy atom. The summed E-state index contributed by atoms with van der Waals surface area (Å²) in [6, 6.07) is 1.63. The summed E-state index contributed by atoms with van der Waals surface area (Å²) in [6.07, 6.45) is 7.91. The molecule has 0 radical (unpaired) electrons. The Hall–Kier alpha value is -1.29. The monoisotopic (exact) mass is 223 g/mol. The summed E-state index contributed by atoms with van der Waals surface area (Å²) in [5, 5.41) is 12.4. The van der Waals surface area contributed by atoms with Gasteiger partial charge in [0, 0.05) is 0 Å². The maximum atomic E-state index is 11.9. The summed E-state index contributed by atoms with van der Waals surface area (Å²) in [5.41, 5.74) is 0.0884. The van der Waals surface area contributed by atoms with Crippen LogP contribution in [0.25, 0.3) is 0 Å². The molecule has 88 valence electrons. The van der Waals surface area contributed by atoms with Gasteiger partial charge < -0.3 is 14.8 Å². The average Bonchev–Trinajstić information content (AvgIpc) is 2.84. The van der Waals surface area contributed by atoms with Crippen LogP contribution in [0.15, 0.2) is 23.0 Å². The van der Waals surface area contributed by atoms with Crippen LogP contribution in [0.3, 0.4) is 0 Å². The molecule has 1 fully saturated rings. The molecule has 0 saturated heterocycles. The maximum Gasteiger partial charge on any atom is 0.255 e. The number of rotatable bonds is 3. The van der Waals surface area contributed by atoms with E-state index < -0.39 is 5.54 Å². The Kier molecular flexibility index (Phi) is 3.29. The van der Waals surface area contributed by atoms with Gasteiger partial charge in [-0.25, -0.2) is 0 Å². The lowest BCUT2D eigenvalue weighted by Gasteiger charge is -2.36. The van der Waals surface area contributed by atoms with Crippen LogP contribution >= 0.6 is 0 Å². The third-order valence-electron chi connectivity index (χ3n) is 3.28. The zero-order chi connectivity index (χ0) is 11.4. The molecule has 2 N–H and O–H groups in total. The smallest absolute Gasteiger partial charge is 0.255 e. The molecule has 4 nitrogen and oxygen atoms in total. The molecule has 16 heavy (non-hydrogen) atoms. The van der Waals surface area contributed by atoms with Crippen LogP contribution in [0, 0.1) is 0 Å². The van der Waals surface area contributed by atoms with Crippen molar-refractivity contribution >= 4 is 5.91 Å². The van der Waals surface area contributed by atoms with Crippen molar-refractivity contribution < 1.29 is 14.3 Å². The minimum Gasteiger partial charge on any atom is -0.472 e. The molecule has 4 heteroatoms. The van der Waals surface area contributed by atoms with Crippen LogP contribution < -0.4 is 5.32 Å². The molecule has 1 amide bonds. The van der Waals surface area contributed by atoms with Gasteiger partial charge in [-0.3, -0.25) is 4.79 Å². The highest BCUT2D eigenvalue weighted by molar-refractivity contribution is 5.94. The van der Waals surface area contributed by atoms with Crippen molar-refractivity contribution in [3.8, 4) is 0 Å². The Morgan fingerprint density at radius 3 is 2.75 bits per heavy atom. The molecule has 1 heterocycles. The van der Waals surface area contributed by atoms with E-state index in [1.165, 1.54) is 18.9 Å². The number of furan rings is 1. The highest BCUT2D eigenvalue weighted by atomic mass is 16.3. The van der Waals surface area contributed by atoms with Gasteiger partial charge in [0.25, 0.3) is 5.91 Å². The van der Waals surface area contributed by atoms with Crippen molar-refractivity contribution in [2.45, 2.75) is 37.6 Å². The van der Waals surface area contributed by atoms with E-state index in [1.54, 1.807) is 6.07 Å². The van der Waals surface area contributed by atoms with E-state index in [1.807, 2.05) is 0 Å². The van der Waals surface area contributed by atoms with Gasteiger partial charge in [0.15, 0.2) is 0 Å². The van der Waals surface area contributed by atoms with E-state index in [0.717, 1.165) is 25.7 Å². The van der Waals surface area contributed by atoms with E-state index in [-0.39, 0.29) is 12.5 Å². The van der Waals surface area contributed by atoms with Gasteiger partial charge in [-0.15, -0.1) is 0 Å². The quantitative estimate of drug-likeness (QED) is 0.819. The maximum absolute atomic E-state index is 11.9. The molecule has 0 spiro atoms. The van der Waals surface area contributed by atoms with E-state index >= 15 is 0 Å². The summed E-state index contributed by atoms with van der Waals surface area (Å²) in [4.78, 5) is 11.9.